The molecule has 0 saturated heterocycles. The third kappa shape index (κ3) is 3.24. The van der Waals surface area contributed by atoms with Crippen molar-refractivity contribution in [2.75, 3.05) is 13.1 Å². The number of amides is 1. The van der Waals surface area contributed by atoms with Crippen LogP contribution in [0.3, 0.4) is 0 Å². The number of carboxylic acids is 1. The first-order chi connectivity index (χ1) is 8.99. The highest BCUT2D eigenvalue weighted by Gasteiger charge is 2.30. The summed E-state index contributed by atoms with van der Waals surface area (Å²) in [6, 6.07) is 1.04. The Morgan fingerprint density at radius 2 is 2.11 bits per heavy atom. The Hall–Kier alpha value is -2.05. The molecule has 0 spiro atoms. The van der Waals surface area contributed by atoms with Gasteiger partial charge in [0.25, 0.3) is 5.91 Å². The predicted octanol–water partition coefficient (Wildman–Crippen LogP) is 1.30. The second-order valence-corrected chi connectivity index (χ2v) is 4.49. The maximum atomic E-state index is 13.5. The van der Waals surface area contributed by atoms with Crippen LogP contribution in [0.5, 0.6) is 0 Å². The second kappa shape index (κ2) is 5.29. The molecule has 1 aliphatic carbocycles. The molecule has 1 fully saturated rings. The monoisotopic (exact) mass is 270 g/mol. The molecular formula is C12H12F2N2O3. The summed E-state index contributed by atoms with van der Waals surface area (Å²) >= 11 is 0. The number of nitrogens with zero attached hydrogens (tertiary/aromatic N) is 2. The summed E-state index contributed by atoms with van der Waals surface area (Å²) in [4.78, 5) is 26.9. The average molecular weight is 270 g/mol. The van der Waals surface area contributed by atoms with Gasteiger partial charge >= 0.3 is 5.97 Å². The van der Waals surface area contributed by atoms with E-state index in [1.165, 1.54) is 0 Å². The van der Waals surface area contributed by atoms with Gasteiger partial charge in [0.2, 0.25) is 5.95 Å². The summed E-state index contributed by atoms with van der Waals surface area (Å²) in [7, 11) is 0. The molecule has 7 heteroatoms. The molecule has 0 bridgehead atoms. The first-order valence-electron chi connectivity index (χ1n) is 5.80. The Morgan fingerprint density at radius 3 is 2.68 bits per heavy atom. The van der Waals surface area contributed by atoms with Crippen molar-refractivity contribution < 1.29 is 23.5 Å². The van der Waals surface area contributed by atoms with E-state index in [0.717, 1.165) is 30.0 Å². The number of carbonyl (C=O) groups is 2. The summed E-state index contributed by atoms with van der Waals surface area (Å²) in [6.07, 6.45) is 2.80. The van der Waals surface area contributed by atoms with Crippen LogP contribution in [0.2, 0.25) is 0 Å². The van der Waals surface area contributed by atoms with Gasteiger partial charge in [0.1, 0.15) is 6.54 Å². The van der Waals surface area contributed by atoms with Crippen LogP contribution in [-0.2, 0) is 4.79 Å². The molecule has 1 N–H and O–H groups in total. The lowest BCUT2D eigenvalue weighted by Crippen LogP contribution is -2.37. The van der Waals surface area contributed by atoms with Crippen molar-refractivity contribution in [1.82, 2.24) is 9.88 Å². The fourth-order valence-electron chi connectivity index (χ4n) is 1.75. The first kappa shape index (κ1) is 13.4. The SMILES string of the molecule is O=C(O)CN(CC1CC1)C(=O)c1ccnc(F)c1F. The van der Waals surface area contributed by atoms with Crippen LogP contribution in [0.4, 0.5) is 8.78 Å². The Bertz CT molecular complexity index is 518. The van der Waals surface area contributed by atoms with Gasteiger partial charge in [0.05, 0.1) is 5.56 Å². The summed E-state index contributed by atoms with van der Waals surface area (Å²) in [5.74, 6) is -4.48. The number of hydrogen-bond donors (Lipinski definition) is 1. The molecule has 19 heavy (non-hydrogen) atoms. The van der Waals surface area contributed by atoms with Crippen LogP contribution >= 0.6 is 0 Å². The molecule has 0 atom stereocenters. The number of aliphatic carboxylic acids is 1. The summed E-state index contributed by atoms with van der Waals surface area (Å²) in [6.45, 7) is -0.284. The van der Waals surface area contributed by atoms with Crippen molar-refractivity contribution in [1.29, 1.82) is 0 Å². The first-order valence-corrected chi connectivity index (χ1v) is 5.80. The summed E-state index contributed by atoms with van der Waals surface area (Å²) in [5, 5.41) is 8.76. The molecule has 1 aromatic heterocycles. The van der Waals surface area contributed by atoms with Crippen LogP contribution in [0.25, 0.3) is 0 Å². The van der Waals surface area contributed by atoms with Crippen molar-refractivity contribution in [3.63, 3.8) is 0 Å². The maximum Gasteiger partial charge on any atom is 0.323 e. The van der Waals surface area contributed by atoms with Crippen LogP contribution in [0, 0.1) is 17.7 Å². The quantitative estimate of drug-likeness (QED) is 0.819. The Kier molecular flexibility index (Phi) is 3.73. The highest BCUT2D eigenvalue weighted by Crippen LogP contribution is 2.30. The van der Waals surface area contributed by atoms with Crippen LogP contribution < -0.4 is 0 Å². The van der Waals surface area contributed by atoms with E-state index in [2.05, 4.69) is 4.98 Å². The highest BCUT2D eigenvalue weighted by atomic mass is 19.2. The van der Waals surface area contributed by atoms with Crippen molar-refractivity contribution in [2.24, 2.45) is 5.92 Å². The molecule has 1 aliphatic rings. The second-order valence-electron chi connectivity index (χ2n) is 4.49. The zero-order valence-corrected chi connectivity index (χ0v) is 9.97. The Morgan fingerprint density at radius 1 is 1.42 bits per heavy atom. The van der Waals surface area contributed by atoms with E-state index in [-0.39, 0.29) is 12.5 Å². The van der Waals surface area contributed by atoms with Gasteiger partial charge in [-0.25, -0.2) is 9.37 Å². The molecule has 2 rings (SSSR count). The third-order valence-corrected chi connectivity index (χ3v) is 2.87. The normalized spacial score (nSPS) is 14.2. The van der Waals surface area contributed by atoms with Crippen molar-refractivity contribution in [2.45, 2.75) is 12.8 Å². The van der Waals surface area contributed by atoms with Gasteiger partial charge in [-0.05, 0) is 24.8 Å². The molecule has 0 unspecified atom stereocenters. The molecule has 5 nitrogen and oxygen atoms in total. The number of hydrogen-bond acceptors (Lipinski definition) is 3. The standard InChI is InChI=1S/C12H12F2N2O3/c13-10-8(3-4-15-11(10)14)12(19)16(6-9(17)18)5-7-1-2-7/h3-4,7H,1-2,5-6H2,(H,17,18). The molecule has 0 radical (unpaired) electrons. The van der Waals surface area contributed by atoms with Gasteiger partial charge in [-0.15, -0.1) is 0 Å². The molecule has 0 aromatic carbocycles. The van der Waals surface area contributed by atoms with E-state index in [1.54, 1.807) is 0 Å². The van der Waals surface area contributed by atoms with Gasteiger partial charge in [-0.3, -0.25) is 9.59 Å². The van der Waals surface area contributed by atoms with Gasteiger partial charge < -0.3 is 10.0 Å². The van der Waals surface area contributed by atoms with E-state index in [4.69, 9.17) is 5.11 Å². The van der Waals surface area contributed by atoms with E-state index in [0.29, 0.717) is 0 Å². The fourth-order valence-corrected chi connectivity index (χ4v) is 1.75. The molecule has 1 amide bonds. The smallest absolute Gasteiger partial charge is 0.323 e. The van der Waals surface area contributed by atoms with Crippen LogP contribution in [0.15, 0.2) is 12.3 Å². The van der Waals surface area contributed by atoms with E-state index in [1.807, 2.05) is 0 Å². The molecule has 0 aliphatic heterocycles. The maximum absolute atomic E-state index is 13.5. The predicted molar refractivity (Wildman–Crippen MR) is 60.4 cm³/mol. The van der Waals surface area contributed by atoms with Crippen LogP contribution in [-0.4, -0.2) is 40.0 Å². The van der Waals surface area contributed by atoms with Gasteiger partial charge in [0.15, 0.2) is 5.82 Å². The Labute approximate surface area is 107 Å². The lowest BCUT2D eigenvalue weighted by Gasteiger charge is -2.20. The minimum absolute atomic E-state index is 0.245. The van der Waals surface area contributed by atoms with Gasteiger partial charge in [-0.2, -0.15) is 4.39 Å². The zero-order chi connectivity index (χ0) is 14.0. The number of pyridine rings is 1. The van der Waals surface area contributed by atoms with Crippen molar-refractivity contribution >= 4 is 11.9 Å². The molecule has 102 valence electrons. The van der Waals surface area contributed by atoms with Gasteiger partial charge in [0, 0.05) is 12.7 Å². The van der Waals surface area contributed by atoms with Crippen molar-refractivity contribution in [3.8, 4) is 0 Å². The van der Waals surface area contributed by atoms with Crippen LogP contribution in [0.1, 0.15) is 23.2 Å². The molecular weight excluding hydrogens is 258 g/mol. The number of halogens is 2. The molecule has 1 heterocycles. The number of carbonyl (C=O) groups excluding carboxylic acids is 1. The lowest BCUT2D eigenvalue weighted by molar-refractivity contribution is -0.137. The molecule has 1 saturated carbocycles. The van der Waals surface area contributed by atoms with Gasteiger partial charge in [-0.1, -0.05) is 0 Å². The minimum atomic E-state index is -1.37. The Balaban J connectivity index is 2.21. The number of carboxylic acid groups (broad SMARTS) is 1. The highest BCUT2D eigenvalue weighted by molar-refractivity contribution is 5.96. The topological polar surface area (TPSA) is 70.5 Å². The third-order valence-electron chi connectivity index (χ3n) is 2.87. The van der Waals surface area contributed by atoms with E-state index >= 15 is 0 Å². The fraction of sp³-hybridized carbons (Fsp3) is 0.417. The number of rotatable bonds is 5. The lowest BCUT2D eigenvalue weighted by atomic mass is 10.2. The summed E-state index contributed by atoms with van der Waals surface area (Å²) < 4.78 is 26.4. The molecule has 1 aromatic rings. The van der Waals surface area contributed by atoms with E-state index in [9.17, 15) is 18.4 Å². The zero-order valence-electron chi connectivity index (χ0n) is 9.97. The minimum Gasteiger partial charge on any atom is -0.480 e. The van der Waals surface area contributed by atoms with E-state index < -0.39 is 35.7 Å². The summed E-state index contributed by atoms with van der Waals surface area (Å²) in [5.41, 5.74) is -0.491. The largest absolute Gasteiger partial charge is 0.480 e. The average Bonchev–Trinajstić information content (AvgIpc) is 3.14. The van der Waals surface area contributed by atoms with Crippen molar-refractivity contribution in [3.05, 3.63) is 29.6 Å². The number of aromatic nitrogens is 1.